The van der Waals surface area contributed by atoms with Gasteiger partial charge in [0.05, 0.1) is 0 Å². The summed E-state index contributed by atoms with van der Waals surface area (Å²) in [7, 11) is 0. The number of benzene rings is 2. The first-order valence-electron chi connectivity index (χ1n) is 8.78. The largest absolute Gasteiger partial charge is 0.454 e. The lowest BCUT2D eigenvalue weighted by Crippen LogP contribution is -2.04. The topological polar surface area (TPSA) is 26.3 Å². The van der Waals surface area contributed by atoms with Crippen LogP contribution >= 0.6 is 0 Å². The van der Waals surface area contributed by atoms with Crippen molar-refractivity contribution < 1.29 is 13.9 Å². The molecular formula is C21H23FO2. The van der Waals surface area contributed by atoms with E-state index in [0.717, 1.165) is 0 Å². The monoisotopic (exact) mass is 326 g/mol. The summed E-state index contributed by atoms with van der Waals surface area (Å²) in [6.45, 7) is 1.76. The summed E-state index contributed by atoms with van der Waals surface area (Å²) >= 11 is 0. The average Bonchev–Trinajstić information content (AvgIpc) is 2.64. The molecule has 0 unspecified atom stereocenters. The van der Waals surface area contributed by atoms with Crippen LogP contribution in [0.2, 0.25) is 0 Å². The molecule has 126 valence electrons. The summed E-state index contributed by atoms with van der Waals surface area (Å²) in [5, 5.41) is 0. The van der Waals surface area contributed by atoms with Crippen molar-refractivity contribution in [2.45, 2.75) is 51.4 Å². The number of carbonyl (C=O) groups is 1. The van der Waals surface area contributed by atoms with Crippen LogP contribution in [-0.2, 0) is 0 Å². The van der Waals surface area contributed by atoms with E-state index in [0.29, 0.717) is 23.7 Å². The number of Topliss-reactive ketones (excluding diaryl/α,β-unsaturated/α-hetero) is 1. The van der Waals surface area contributed by atoms with Gasteiger partial charge in [-0.1, -0.05) is 38.3 Å². The Morgan fingerprint density at radius 3 is 2.42 bits per heavy atom. The molecule has 0 spiro atoms. The van der Waals surface area contributed by atoms with E-state index < -0.39 is 5.82 Å². The third-order valence-corrected chi connectivity index (χ3v) is 4.76. The number of hydrogen-bond acceptors (Lipinski definition) is 2. The van der Waals surface area contributed by atoms with E-state index in [1.54, 1.807) is 13.0 Å². The molecular weight excluding hydrogens is 303 g/mol. The van der Waals surface area contributed by atoms with Gasteiger partial charge in [-0.2, -0.15) is 0 Å². The van der Waals surface area contributed by atoms with Gasteiger partial charge in [0.2, 0.25) is 0 Å². The molecule has 1 aliphatic carbocycles. The highest BCUT2D eigenvalue weighted by Crippen LogP contribution is 2.34. The number of carbonyl (C=O) groups excluding carboxylic acids is 1. The Kier molecular flexibility index (Phi) is 5.29. The third kappa shape index (κ3) is 3.84. The van der Waals surface area contributed by atoms with Crippen molar-refractivity contribution in [1.29, 1.82) is 0 Å². The van der Waals surface area contributed by atoms with E-state index in [4.69, 9.17) is 4.74 Å². The van der Waals surface area contributed by atoms with E-state index in [1.165, 1.54) is 49.8 Å². The average molecular weight is 326 g/mol. The van der Waals surface area contributed by atoms with Gasteiger partial charge in [-0.05, 0) is 54.7 Å². The lowest BCUT2D eigenvalue weighted by molar-refractivity contribution is 0.0987. The van der Waals surface area contributed by atoms with Crippen molar-refractivity contribution in [3.05, 3.63) is 59.4 Å². The quantitative estimate of drug-likeness (QED) is 0.606. The number of ether oxygens (including phenoxy) is 1. The SMILES string of the molecule is CCC(=O)c1ccc(Oc2ccc(C3CCCCC3)cc2)c(F)c1. The minimum absolute atomic E-state index is 0.0720. The zero-order valence-electron chi connectivity index (χ0n) is 14.1. The van der Waals surface area contributed by atoms with Crippen LogP contribution in [0, 0.1) is 5.82 Å². The van der Waals surface area contributed by atoms with E-state index in [2.05, 4.69) is 12.1 Å². The second kappa shape index (κ2) is 7.61. The fourth-order valence-electron chi connectivity index (χ4n) is 3.33. The first-order valence-corrected chi connectivity index (χ1v) is 8.78. The molecule has 1 aliphatic rings. The van der Waals surface area contributed by atoms with Crippen molar-refractivity contribution in [3.63, 3.8) is 0 Å². The summed E-state index contributed by atoms with van der Waals surface area (Å²) in [4.78, 5) is 11.6. The van der Waals surface area contributed by atoms with Gasteiger partial charge in [0, 0.05) is 12.0 Å². The molecule has 1 saturated carbocycles. The smallest absolute Gasteiger partial charge is 0.166 e. The fourth-order valence-corrected chi connectivity index (χ4v) is 3.33. The van der Waals surface area contributed by atoms with E-state index in [1.807, 2.05) is 12.1 Å². The van der Waals surface area contributed by atoms with Crippen molar-refractivity contribution >= 4 is 5.78 Å². The normalized spacial score (nSPS) is 15.2. The molecule has 3 heteroatoms. The lowest BCUT2D eigenvalue weighted by Gasteiger charge is -2.22. The molecule has 1 fully saturated rings. The minimum atomic E-state index is -0.509. The number of ketones is 1. The van der Waals surface area contributed by atoms with Crippen molar-refractivity contribution in [2.24, 2.45) is 0 Å². The maximum Gasteiger partial charge on any atom is 0.166 e. The highest BCUT2D eigenvalue weighted by Gasteiger charge is 2.15. The molecule has 0 aliphatic heterocycles. The van der Waals surface area contributed by atoms with Crippen LogP contribution < -0.4 is 4.74 Å². The number of hydrogen-bond donors (Lipinski definition) is 0. The summed E-state index contributed by atoms with van der Waals surface area (Å²) in [6, 6.07) is 12.3. The van der Waals surface area contributed by atoms with E-state index in [-0.39, 0.29) is 11.5 Å². The van der Waals surface area contributed by atoms with Crippen LogP contribution in [0.15, 0.2) is 42.5 Å². The van der Waals surface area contributed by atoms with Crippen LogP contribution in [0.4, 0.5) is 4.39 Å². The molecule has 3 rings (SSSR count). The van der Waals surface area contributed by atoms with E-state index in [9.17, 15) is 9.18 Å². The van der Waals surface area contributed by atoms with Crippen molar-refractivity contribution in [3.8, 4) is 11.5 Å². The number of halogens is 1. The first kappa shape index (κ1) is 16.7. The molecule has 2 nitrogen and oxygen atoms in total. The molecule has 0 atom stereocenters. The molecule has 24 heavy (non-hydrogen) atoms. The van der Waals surface area contributed by atoms with Gasteiger partial charge in [0.1, 0.15) is 5.75 Å². The Morgan fingerprint density at radius 1 is 1.08 bits per heavy atom. The molecule has 0 aromatic heterocycles. The Labute approximate surface area is 142 Å². The molecule has 0 radical (unpaired) electrons. The minimum Gasteiger partial charge on any atom is -0.454 e. The Hall–Kier alpha value is -2.16. The summed E-state index contributed by atoms with van der Waals surface area (Å²) in [5.74, 6) is 0.822. The molecule has 2 aromatic rings. The van der Waals surface area contributed by atoms with Gasteiger partial charge in [-0.25, -0.2) is 4.39 Å². The lowest BCUT2D eigenvalue weighted by atomic mass is 9.84. The predicted octanol–water partition coefficient (Wildman–Crippen LogP) is 6.26. The van der Waals surface area contributed by atoms with Gasteiger partial charge < -0.3 is 4.74 Å². The second-order valence-corrected chi connectivity index (χ2v) is 6.43. The number of rotatable bonds is 5. The van der Waals surface area contributed by atoms with Crippen LogP contribution in [-0.4, -0.2) is 5.78 Å². The van der Waals surface area contributed by atoms with Crippen LogP contribution in [0.3, 0.4) is 0 Å². The standard InChI is InChI=1S/C21H23FO2/c1-2-20(23)17-10-13-21(19(22)14-17)24-18-11-8-16(9-12-18)15-6-4-3-5-7-15/h8-15H,2-7H2,1H3. The van der Waals surface area contributed by atoms with Gasteiger partial charge in [0.25, 0.3) is 0 Å². The van der Waals surface area contributed by atoms with E-state index >= 15 is 0 Å². The zero-order chi connectivity index (χ0) is 16.9. The molecule has 0 N–H and O–H groups in total. The molecule has 0 amide bonds. The highest BCUT2D eigenvalue weighted by atomic mass is 19.1. The van der Waals surface area contributed by atoms with Crippen molar-refractivity contribution in [1.82, 2.24) is 0 Å². The van der Waals surface area contributed by atoms with Crippen molar-refractivity contribution in [2.75, 3.05) is 0 Å². The highest BCUT2D eigenvalue weighted by molar-refractivity contribution is 5.95. The van der Waals surface area contributed by atoms with Crippen LogP contribution in [0.25, 0.3) is 0 Å². The van der Waals surface area contributed by atoms with Crippen LogP contribution in [0.5, 0.6) is 11.5 Å². The predicted molar refractivity (Wildman–Crippen MR) is 93.4 cm³/mol. The van der Waals surface area contributed by atoms with Gasteiger partial charge in [0.15, 0.2) is 17.3 Å². The molecule has 0 bridgehead atoms. The summed E-state index contributed by atoms with van der Waals surface area (Å²) < 4.78 is 19.8. The molecule has 0 saturated heterocycles. The fraction of sp³-hybridized carbons (Fsp3) is 0.381. The summed E-state index contributed by atoms with van der Waals surface area (Å²) in [5.41, 5.74) is 1.72. The Bertz CT molecular complexity index is 700. The van der Waals surface area contributed by atoms with Gasteiger partial charge in [-0.3, -0.25) is 4.79 Å². The second-order valence-electron chi connectivity index (χ2n) is 6.43. The Morgan fingerprint density at radius 2 is 1.79 bits per heavy atom. The first-order chi connectivity index (χ1) is 11.7. The summed E-state index contributed by atoms with van der Waals surface area (Å²) in [6.07, 6.45) is 6.81. The molecule has 0 heterocycles. The molecule has 2 aromatic carbocycles. The van der Waals surface area contributed by atoms with Crippen LogP contribution in [0.1, 0.15) is 67.3 Å². The Balaban J connectivity index is 1.70. The maximum absolute atomic E-state index is 14.1. The zero-order valence-corrected chi connectivity index (χ0v) is 14.1. The third-order valence-electron chi connectivity index (χ3n) is 4.76. The van der Waals surface area contributed by atoms with Gasteiger partial charge in [-0.15, -0.1) is 0 Å². The maximum atomic E-state index is 14.1. The van der Waals surface area contributed by atoms with Gasteiger partial charge >= 0.3 is 0 Å².